The number of ether oxygens (including phenoxy) is 2. The summed E-state index contributed by atoms with van der Waals surface area (Å²) in [6.45, 7) is 2.47. The fraction of sp³-hybridized carbons (Fsp3) is 0.174. The van der Waals surface area contributed by atoms with Crippen LogP contribution in [0.4, 0.5) is 0 Å². The zero-order valence-electron chi connectivity index (χ0n) is 14.6. The molecule has 0 radical (unpaired) electrons. The molecule has 0 spiro atoms. The molecule has 26 heavy (non-hydrogen) atoms. The van der Waals surface area contributed by atoms with Gasteiger partial charge in [-0.3, -0.25) is 4.79 Å². The van der Waals surface area contributed by atoms with Gasteiger partial charge in [-0.15, -0.1) is 0 Å². The van der Waals surface area contributed by atoms with E-state index in [0.29, 0.717) is 17.9 Å². The van der Waals surface area contributed by atoms with Crippen molar-refractivity contribution in [2.75, 3.05) is 0 Å². The van der Waals surface area contributed by atoms with Crippen LogP contribution in [-0.2, 0) is 11.3 Å². The Kier molecular flexibility index (Phi) is 4.55. The molecule has 0 aliphatic carbocycles. The molecule has 0 aromatic heterocycles. The number of carbonyl (C=O) groups excluding carboxylic acids is 1. The van der Waals surface area contributed by atoms with Crippen molar-refractivity contribution < 1.29 is 14.3 Å². The van der Waals surface area contributed by atoms with Gasteiger partial charge >= 0.3 is 0 Å². The molecule has 3 aromatic carbocycles. The molecule has 1 aliphatic heterocycles. The average Bonchev–Trinajstić information content (AvgIpc) is 3.48. The fourth-order valence-corrected chi connectivity index (χ4v) is 3.01. The highest BCUT2D eigenvalue weighted by atomic mass is 16.6. The van der Waals surface area contributed by atoms with E-state index in [1.54, 1.807) is 6.07 Å². The summed E-state index contributed by atoms with van der Waals surface area (Å²) in [6, 6.07) is 25.4. The summed E-state index contributed by atoms with van der Waals surface area (Å²) >= 11 is 0. The normalized spacial score (nSPS) is 18.3. The van der Waals surface area contributed by atoms with Gasteiger partial charge in [0.05, 0.1) is 5.56 Å². The topological polar surface area (TPSA) is 38.8 Å². The zero-order valence-corrected chi connectivity index (χ0v) is 14.6. The Morgan fingerprint density at radius 3 is 2.38 bits per heavy atom. The van der Waals surface area contributed by atoms with Crippen molar-refractivity contribution in [3.8, 4) is 5.75 Å². The van der Waals surface area contributed by atoms with Crippen molar-refractivity contribution in [1.82, 2.24) is 0 Å². The third-order valence-electron chi connectivity index (χ3n) is 4.55. The van der Waals surface area contributed by atoms with E-state index in [1.165, 1.54) is 5.56 Å². The van der Waals surface area contributed by atoms with Crippen LogP contribution in [0.25, 0.3) is 0 Å². The minimum absolute atomic E-state index is 0.0285. The molecule has 0 saturated carbocycles. The molecule has 1 heterocycles. The summed E-state index contributed by atoms with van der Waals surface area (Å²) in [5, 5.41) is 0. The number of rotatable bonds is 6. The number of hydrogen-bond acceptors (Lipinski definition) is 3. The maximum atomic E-state index is 12.9. The number of Topliss-reactive ketones (excluding diaryl/α,β-unsaturated/α-hetero) is 1. The highest BCUT2D eigenvalue weighted by Gasteiger charge is 2.46. The highest BCUT2D eigenvalue weighted by molar-refractivity contribution is 6.03. The maximum Gasteiger partial charge on any atom is 0.198 e. The van der Waals surface area contributed by atoms with Crippen molar-refractivity contribution >= 4 is 5.78 Å². The van der Waals surface area contributed by atoms with E-state index in [-0.39, 0.29) is 11.9 Å². The van der Waals surface area contributed by atoms with Crippen LogP contribution in [0.1, 0.15) is 33.2 Å². The van der Waals surface area contributed by atoms with Crippen LogP contribution >= 0.6 is 0 Å². The molecule has 1 saturated heterocycles. The standard InChI is InChI=1S/C23H20O3/c1-16-11-13-18(14-12-16)22-23(26-22)21(24)19-9-5-6-10-20(19)25-15-17-7-3-2-4-8-17/h2-14,22-23H,15H2,1H3/t22-,23-/m0/s1. The number of aryl methyl sites for hydroxylation is 1. The maximum absolute atomic E-state index is 12.9. The summed E-state index contributed by atoms with van der Waals surface area (Å²) in [7, 11) is 0. The largest absolute Gasteiger partial charge is 0.488 e. The van der Waals surface area contributed by atoms with Crippen LogP contribution in [-0.4, -0.2) is 11.9 Å². The van der Waals surface area contributed by atoms with Crippen molar-refractivity contribution in [2.45, 2.75) is 25.7 Å². The lowest BCUT2D eigenvalue weighted by Crippen LogP contribution is -2.10. The average molecular weight is 344 g/mol. The summed E-state index contributed by atoms with van der Waals surface area (Å²) in [6.07, 6.45) is -0.593. The van der Waals surface area contributed by atoms with Crippen molar-refractivity contribution in [3.05, 3.63) is 101 Å². The molecule has 2 atom stereocenters. The van der Waals surface area contributed by atoms with Crippen LogP contribution in [0, 0.1) is 6.92 Å². The van der Waals surface area contributed by atoms with Gasteiger partial charge in [-0.05, 0) is 30.2 Å². The van der Waals surface area contributed by atoms with Gasteiger partial charge < -0.3 is 9.47 Å². The Balaban J connectivity index is 1.48. The lowest BCUT2D eigenvalue weighted by atomic mass is 10.0. The first kappa shape index (κ1) is 16.6. The molecular formula is C23H20O3. The van der Waals surface area contributed by atoms with E-state index in [9.17, 15) is 4.79 Å². The number of hydrogen-bond donors (Lipinski definition) is 0. The molecule has 3 heteroatoms. The van der Waals surface area contributed by atoms with Gasteiger partial charge in [-0.25, -0.2) is 0 Å². The summed E-state index contributed by atoms with van der Waals surface area (Å²) in [5.41, 5.74) is 3.87. The Morgan fingerprint density at radius 2 is 1.62 bits per heavy atom. The minimum Gasteiger partial charge on any atom is -0.488 e. The smallest absolute Gasteiger partial charge is 0.198 e. The minimum atomic E-state index is -0.431. The van der Waals surface area contributed by atoms with Gasteiger partial charge in [-0.1, -0.05) is 72.3 Å². The number of carbonyl (C=O) groups is 1. The van der Waals surface area contributed by atoms with Crippen molar-refractivity contribution in [3.63, 3.8) is 0 Å². The van der Waals surface area contributed by atoms with Crippen molar-refractivity contribution in [1.29, 1.82) is 0 Å². The fourth-order valence-electron chi connectivity index (χ4n) is 3.01. The van der Waals surface area contributed by atoms with Crippen LogP contribution in [0.5, 0.6) is 5.75 Å². The lowest BCUT2D eigenvalue weighted by Gasteiger charge is -2.10. The molecule has 3 aromatic rings. The third kappa shape index (κ3) is 3.53. The Labute approximate surface area is 153 Å². The number of para-hydroxylation sites is 1. The Hall–Kier alpha value is -2.91. The van der Waals surface area contributed by atoms with Crippen LogP contribution in [0.2, 0.25) is 0 Å². The van der Waals surface area contributed by atoms with E-state index >= 15 is 0 Å². The zero-order chi connectivity index (χ0) is 17.9. The molecule has 0 N–H and O–H groups in total. The van der Waals surface area contributed by atoms with Crippen LogP contribution in [0.15, 0.2) is 78.9 Å². The second-order valence-electron chi connectivity index (χ2n) is 6.52. The summed E-state index contributed by atoms with van der Waals surface area (Å²) in [5.74, 6) is 0.568. The van der Waals surface area contributed by atoms with E-state index in [4.69, 9.17) is 9.47 Å². The van der Waals surface area contributed by atoms with E-state index in [2.05, 4.69) is 0 Å². The second kappa shape index (κ2) is 7.14. The first-order valence-electron chi connectivity index (χ1n) is 8.74. The van der Waals surface area contributed by atoms with Gasteiger partial charge in [0.2, 0.25) is 0 Å². The van der Waals surface area contributed by atoms with Gasteiger partial charge in [0, 0.05) is 0 Å². The Morgan fingerprint density at radius 1 is 0.923 bits per heavy atom. The molecule has 0 amide bonds. The molecule has 4 rings (SSSR count). The third-order valence-corrected chi connectivity index (χ3v) is 4.55. The number of benzene rings is 3. The molecule has 130 valence electrons. The van der Waals surface area contributed by atoms with Crippen LogP contribution < -0.4 is 4.74 Å². The monoisotopic (exact) mass is 344 g/mol. The Bertz CT molecular complexity index is 900. The first-order chi connectivity index (χ1) is 12.7. The predicted molar refractivity (Wildman–Crippen MR) is 100 cm³/mol. The first-order valence-corrected chi connectivity index (χ1v) is 8.74. The van der Waals surface area contributed by atoms with E-state index in [1.807, 2.05) is 79.7 Å². The second-order valence-corrected chi connectivity index (χ2v) is 6.52. The van der Waals surface area contributed by atoms with Gasteiger partial charge in [0.1, 0.15) is 18.5 Å². The van der Waals surface area contributed by atoms with Gasteiger partial charge in [0.15, 0.2) is 11.9 Å². The molecule has 1 fully saturated rings. The number of epoxide rings is 1. The van der Waals surface area contributed by atoms with Crippen LogP contribution in [0.3, 0.4) is 0 Å². The predicted octanol–water partition coefficient (Wildman–Crippen LogP) is 4.90. The summed E-state index contributed by atoms with van der Waals surface area (Å²) in [4.78, 5) is 12.9. The molecule has 3 nitrogen and oxygen atoms in total. The summed E-state index contributed by atoms with van der Waals surface area (Å²) < 4.78 is 11.6. The SMILES string of the molecule is Cc1ccc([C@@H]2O[C@H]2C(=O)c2ccccc2OCc2ccccc2)cc1. The van der Waals surface area contributed by atoms with E-state index in [0.717, 1.165) is 11.1 Å². The number of ketones is 1. The highest BCUT2D eigenvalue weighted by Crippen LogP contribution is 2.41. The molecule has 1 aliphatic rings. The lowest BCUT2D eigenvalue weighted by molar-refractivity contribution is 0.0949. The molecular weight excluding hydrogens is 324 g/mol. The molecule has 0 bridgehead atoms. The van der Waals surface area contributed by atoms with E-state index < -0.39 is 6.10 Å². The quantitative estimate of drug-likeness (QED) is 0.472. The van der Waals surface area contributed by atoms with Gasteiger partial charge in [-0.2, -0.15) is 0 Å². The van der Waals surface area contributed by atoms with Gasteiger partial charge in [0.25, 0.3) is 0 Å². The molecule has 0 unspecified atom stereocenters. The van der Waals surface area contributed by atoms with Crippen molar-refractivity contribution in [2.24, 2.45) is 0 Å².